The van der Waals surface area contributed by atoms with Crippen molar-refractivity contribution >= 4 is 23.6 Å². The van der Waals surface area contributed by atoms with Gasteiger partial charge in [-0.2, -0.15) is 0 Å². The van der Waals surface area contributed by atoms with Crippen molar-refractivity contribution < 1.29 is 29.0 Å². The third-order valence-corrected chi connectivity index (χ3v) is 4.49. The van der Waals surface area contributed by atoms with Crippen LogP contribution in [0, 0.1) is 0 Å². The lowest BCUT2D eigenvalue weighted by Crippen LogP contribution is -2.54. The SMILES string of the molecule is O=C1CCC(N2C(=O)c3cccc(OCCCCCO)c3C2=O)C(=O)N1. The molecule has 1 saturated heterocycles. The Bertz CT molecular complexity index is 760. The quantitative estimate of drug-likeness (QED) is 0.545. The second-order valence-electron chi connectivity index (χ2n) is 6.26. The minimum atomic E-state index is -0.988. The summed E-state index contributed by atoms with van der Waals surface area (Å²) < 4.78 is 5.66. The molecule has 1 fully saturated rings. The molecule has 2 aliphatic rings. The van der Waals surface area contributed by atoms with E-state index >= 15 is 0 Å². The van der Waals surface area contributed by atoms with E-state index in [2.05, 4.69) is 5.32 Å². The van der Waals surface area contributed by atoms with Crippen molar-refractivity contribution in [2.45, 2.75) is 38.1 Å². The highest BCUT2D eigenvalue weighted by atomic mass is 16.5. The van der Waals surface area contributed by atoms with E-state index < -0.39 is 29.7 Å². The molecule has 0 saturated carbocycles. The lowest BCUT2D eigenvalue weighted by atomic mass is 10.0. The Morgan fingerprint density at radius 2 is 1.92 bits per heavy atom. The maximum absolute atomic E-state index is 12.8. The zero-order chi connectivity index (χ0) is 18.7. The van der Waals surface area contributed by atoms with Gasteiger partial charge in [0, 0.05) is 13.0 Å². The van der Waals surface area contributed by atoms with Crippen LogP contribution < -0.4 is 10.1 Å². The number of piperidine rings is 1. The number of nitrogens with one attached hydrogen (secondary N) is 1. The number of carbonyl (C=O) groups excluding carboxylic acids is 4. The van der Waals surface area contributed by atoms with Crippen molar-refractivity contribution in [1.82, 2.24) is 10.2 Å². The number of aliphatic hydroxyl groups excluding tert-OH is 1. The number of nitrogens with zero attached hydrogens (tertiary/aromatic N) is 1. The molecule has 1 unspecified atom stereocenters. The molecule has 3 rings (SSSR count). The van der Waals surface area contributed by atoms with Gasteiger partial charge < -0.3 is 9.84 Å². The largest absolute Gasteiger partial charge is 0.493 e. The van der Waals surface area contributed by atoms with Crippen molar-refractivity contribution in [2.75, 3.05) is 13.2 Å². The van der Waals surface area contributed by atoms with Crippen molar-refractivity contribution in [3.63, 3.8) is 0 Å². The second-order valence-corrected chi connectivity index (χ2v) is 6.26. The molecular formula is C18H20N2O6. The zero-order valence-corrected chi connectivity index (χ0v) is 14.2. The van der Waals surface area contributed by atoms with Gasteiger partial charge in [-0.15, -0.1) is 0 Å². The molecule has 1 atom stereocenters. The maximum atomic E-state index is 12.8. The van der Waals surface area contributed by atoms with E-state index in [1.807, 2.05) is 0 Å². The first kappa shape index (κ1) is 18.1. The molecule has 2 N–H and O–H groups in total. The fourth-order valence-corrected chi connectivity index (χ4v) is 3.18. The number of imide groups is 2. The molecule has 0 bridgehead atoms. The van der Waals surface area contributed by atoms with Crippen molar-refractivity contribution in [3.05, 3.63) is 29.3 Å². The lowest BCUT2D eigenvalue weighted by Gasteiger charge is -2.27. The summed E-state index contributed by atoms with van der Waals surface area (Å²) in [6.07, 6.45) is 2.38. The Kier molecular flexibility index (Phi) is 5.32. The van der Waals surface area contributed by atoms with Gasteiger partial charge in [0.1, 0.15) is 11.8 Å². The third-order valence-electron chi connectivity index (χ3n) is 4.49. The Morgan fingerprint density at radius 1 is 1.12 bits per heavy atom. The summed E-state index contributed by atoms with van der Waals surface area (Å²) in [6, 6.07) is 3.78. The first-order chi connectivity index (χ1) is 12.5. The van der Waals surface area contributed by atoms with Gasteiger partial charge in [0.2, 0.25) is 11.8 Å². The fourth-order valence-electron chi connectivity index (χ4n) is 3.18. The van der Waals surface area contributed by atoms with Crippen LogP contribution in [0.3, 0.4) is 0 Å². The number of fused-ring (bicyclic) bond motifs is 1. The van der Waals surface area contributed by atoms with Crippen LogP contribution >= 0.6 is 0 Å². The average Bonchev–Trinajstić information content (AvgIpc) is 2.87. The third kappa shape index (κ3) is 3.32. The van der Waals surface area contributed by atoms with Gasteiger partial charge in [0.25, 0.3) is 11.8 Å². The van der Waals surface area contributed by atoms with E-state index in [1.165, 1.54) is 6.07 Å². The van der Waals surface area contributed by atoms with Gasteiger partial charge in [-0.25, -0.2) is 0 Å². The molecule has 0 radical (unpaired) electrons. The highest BCUT2D eigenvalue weighted by Gasteiger charge is 2.45. The monoisotopic (exact) mass is 360 g/mol. The lowest BCUT2D eigenvalue weighted by molar-refractivity contribution is -0.136. The van der Waals surface area contributed by atoms with E-state index in [4.69, 9.17) is 9.84 Å². The standard InChI is InChI=1S/C18H20N2O6/c21-9-2-1-3-10-26-13-6-4-5-11-15(13)18(25)20(17(11)24)12-7-8-14(22)19-16(12)23/h4-6,12,21H,1-3,7-10H2,(H,19,22,23). The van der Waals surface area contributed by atoms with Gasteiger partial charge in [0.05, 0.1) is 17.7 Å². The predicted molar refractivity (Wildman–Crippen MR) is 89.5 cm³/mol. The van der Waals surface area contributed by atoms with E-state index in [1.54, 1.807) is 12.1 Å². The summed E-state index contributed by atoms with van der Waals surface area (Å²) in [5.74, 6) is -1.87. The van der Waals surface area contributed by atoms with Crippen LogP contribution in [-0.2, 0) is 9.59 Å². The first-order valence-corrected chi connectivity index (χ1v) is 8.63. The maximum Gasteiger partial charge on any atom is 0.266 e. The Labute approximate surface area is 150 Å². The van der Waals surface area contributed by atoms with Crippen LogP contribution in [0.25, 0.3) is 0 Å². The molecule has 1 aromatic carbocycles. The van der Waals surface area contributed by atoms with Crippen molar-refractivity contribution in [1.29, 1.82) is 0 Å². The molecular weight excluding hydrogens is 340 g/mol. The Balaban J connectivity index is 1.78. The minimum Gasteiger partial charge on any atom is -0.493 e. The molecule has 138 valence electrons. The van der Waals surface area contributed by atoms with Gasteiger partial charge in [-0.05, 0) is 37.8 Å². The van der Waals surface area contributed by atoms with Gasteiger partial charge in [-0.1, -0.05) is 6.07 Å². The molecule has 4 amide bonds. The zero-order valence-electron chi connectivity index (χ0n) is 14.2. The number of unbranched alkanes of at least 4 members (excludes halogenated alkanes) is 2. The summed E-state index contributed by atoms with van der Waals surface area (Å²) >= 11 is 0. The summed E-state index contributed by atoms with van der Waals surface area (Å²) in [6.45, 7) is 0.477. The van der Waals surface area contributed by atoms with Crippen LogP contribution in [0.5, 0.6) is 5.75 Å². The average molecular weight is 360 g/mol. The number of amides is 4. The van der Waals surface area contributed by atoms with E-state index in [0.717, 1.165) is 11.3 Å². The molecule has 2 aliphatic heterocycles. The number of hydrogen-bond acceptors (Lipinski definition) is 6. The first-order valence-electron chi connectivity index (χ1n) is 8.63. The molecule has 0 spiro atoms. The van der Waals surface area contributed by atoms with Crippen molar-refractivity contribution in [3.8, 4) is 5.75 Å². The molecule has 26 heavy (non-hydrogen) atoms. The van der Waals surface area contributed by atoms with Crippen LogP contribution in [0.15, 0.2) is 18.2 Å². The number of aliphatic hydroxyl groups is 1. The van der Waals surface area contributed by atoms with Crippen LogP contribution in [0.2, 0.25) is 0 Å². The number of hydrogen-bond donors (Lipinski definition) is 2. The Morgan fingerprint density at radius 3 is 2.65 bits per heavy atom. The van der Waals surface area contributed by atoms with Crippen LogP contribution in [0.4, 0.5) is 0 Å². The predicted octanol–water partition coefficient (Wildman–Crippen LogP) is 0.629. The second kappa shape index (κ2) is 7.65. The van der Waals surface area contributed by atoms with Gasteiger partial charge in [-0.3, -0.25) is 29.4 Å². The summed E-state index contributed by atoms with van der Waals surface area (Å²) in [7, 11) is 0. The van der Waals surface area contributed by atoms with Crippen molar-refractivity contribution in [2.24, 2.45) is 0 Å². The molecule has 2 heterocycles. The number of carbonyl (C=O) groups is 4. The smallest absolute Gasteiger partial charge is 0.266 e. The van der Waals surface area contributed by atoms with Crippen LogP contribution in [-0.4, -0.2) is 52.9 Å². The van der Waals surface area contributed by atoms with E-state index in [0.29, 0.717) is 25.2 Å². The summed E-state index contributed by atoms with van der Waals surface area (Å²) in [5, 5.41) is 10.9. The molecule has 8 heteroatoms. The number of ether oxygens (including phenoxy) is 1. The van der Waals surface area contributed by atoms with E-state index in [-0.39, 0.29) is 30.6 Å². The summed E-state index contributed by atoms with van der Waals surface area (Å²) in [4.78, 5) is 49.8. The highest BCUT2D eigenvalue weighted by molar-refractivity contribution is 6.24. The van der Waals surface area contributed by atoms with Crippen LogP contribution in [0.1, 0.15) is 52.8 Å². The number of rotatable bonds is 7. The topological polar surface area (TPSA) is 113 Å². The van der Waals surface area contributed by atoms with Gasteiger partial charge in [0.15, 0.2) is 0 Å². The molecule has 0 aromatic heterocycles. The number of benzene rings is 1. The van der Waals surface area contributed by atoms with Gasteiger partial charge >= 0.3 is 0 Å². The fraction of sp³-hybridized carbons (Fsp3) is 0.444. The minimum absolute atomic E-state index is 0.0814. The normalized spacial score (nSPS) is 19.6. The highest BCUT2D eigenvalue weighted by Crippen LogP contribution is 2.33. The molecule has 8 nitrogen and oxygen atoms in total. The molecule has 0 aliphatic carbocycles. The van der Waals surface area contributed by atoms with E-state index in [9.17, 15) is 19.2 Å². The summed E-state index contributed by atoms with van der Waals surface area (Å²) in [5.41, 5.74) is 0.358. The molecule has 1 aromatic rings. The Hall–Kier alpha value is -2.74.